The number of halogens is 2. The quantitative estimate of drug-likeness (QED) is 0.613. The molecule has 64 valence electrons. The second kappa shape index (κ2) is 4.26. The van der Waals surface area contributed by atoms with E-state index in [1.165, 1.54) is 6.07 Å². The summed E-state index contributed by atoms with van der Waals surface area (Å²) in [5.41, 5.74) is 6.32. The van der Waals surface area contributed by atoms with Crippen LogP contribution in [0.1, 0.15) is 5.56 Å². The minimum absolute atomic E-state index is 0.186. The second-order valence-electron chi connectivity index (χ2n) is 2.34. The SMILES string of the molecule is Nc1ccc(C=CCBr)cc1F. The van der Waals surface area contributed by atoms with E-state index < -0.39 is 0 Å². The maximum Gasteiger partial charge on any atom is 0.146 e. The van der Waals surface area contributed by atoms with Gasteiger partial charge in [-0.3, -0.25) is 0 Å². The summed E-state index contributed by atoms with van der Waals surface area (Å²) < 4.78 is 12.8. The van der Waals surface area contributed by atoms with Gasteiger partial charge in [-0.1, -0.05) is 34.1 Å². The van der Waals surface area contributed by atoms with Crippen LogP contribution in [0, 0.1) is 5.82 Å². The van der Waals surface area contributed by atoms with E-state index >= 15 is 0 Å². The molecule has 0 aliphatic rings. The van der Waals surface area contributed by atoms with Crippen LogP contribution in [0.2, 0.25) is 0 Å². The van der Waals surface area contributed by atoms with Crippen molar-refractivity contribution in [2.75, 3.05) is 11.1 Å². The standard InChI is InChI=1S/C9H9BrFN/c10-5-1-2-7-3-4-9(12)8(11)6-7/h1-4,6H,5,12H2. The first kappa shape index (κ1) is 9.26. The van der Waals surface area contributed by atoms with Crippen molar-refractivity contribution in [2.45, 2.75) is 0 Å². The summed E-state index contributed by atoms with van der Waals surface area (Å²) in [4.78, 5) is 0. The topological polar surface area (TPSA) is 26.0 Å². The Hall–Kier alpha value is -0.830. The smallest absolute Gasteiger partial charge is 0.146 e. The van der Waals surface area contributed by atoms with Gasteiger partial charge < -0.3 is 5.73 Å². The van der Waals surface area contributed by atoms with Crippen LogP contribution in [0.15, 0.2) is 24.3 Å². The Bertz CT molecular complexity index is 297. The number of hydrogen-bond acceptors (Lipinski definition) is 1. The summed E-state index contributed by atoms with van der Waals surface area (Å²) in [6.07, 6.45) is 3.72. The number of allylic oxidation sites excluding steroid dienone is 1. The Morgan fingerprint density at radius 3 is 2.83 bits per heavy atom. The normalized spacial score (nSPS) is 10.8. The molecule has 0 fully saturated rings. The first-order valence-corrected chi connectivity index (χ1v) is 4.63. The van der Waals surface area contributed by atoms with Crippen LogP contribution in [0.25, 0.3) is 6.08 Å². The second-order valence-corrected chi connectivity index (χ2v) is 2.99. The molecular formula is C9H9BrFN. The fourth-order valence-corrected chi connectivity index (χ4v) is 1.01. The molecule has 0 bridgehead atoms. The molecule has 12 heavy (non-hydrogen) atoms. The number of nitrogen functional groups attached to an aromatic ring is 1. The zero-order valence-corrected chi connectivity index (χ0v) is 8.01. The first-order chi connectivity index (χ1) is 5.74. The lowest BCUT2D eigenvalue weighted by Gasteiger charge is -1.96. The van der Waals surface area contributed by atoms with Crippen LogP contribution < -0.4 is 5.73 Å². The molecular weight excluding hydrogens is 221 g/mol. The Balaban J connectivity index is 2.89. The molecule has 2 N–H and O–H groups in total. The average molecular weight is 230 g/mol. The molecule has 0 saturated carbocycles. The predicted molar refractivity (Wildman–Crippen MR) is 53.6 cm³/mol. The fourth-order valence-electron chi connectivity index (χ4n) is 0.828. The van der Waals surface area contributed by atoms with Crippen LogP contribution in [0.4, 0.5) is 10.1 Å². The van der Waals surface area contributed by atoms with Crippen molar-refractivity contribution in [1.82, 2.24) is 0 Å². The van der Waals surface area contributed by atoms with E-state index in [2.05, 4.69) is 15.9 Å². The molecule has 1 aromatic carbocycles. The Kier molecular flexibility index (Phi) is 3.29. The van der Waals surface area contributed by atoms with Crippen LogP contribution in [0.5, 0.6) is 0 Å². The van der Waals surface area contributed by atoms with Gasteiger partial charge in [0.05, 0.1) is 5.69 Å². The molecule has 0 saturated heterocycles. The Morgan fingerprint density at radius 2 is 2.25 bits per heavy atom. The number of nitrogens with two attached hydrogens (primary N) is 1. The number of hydrogen-bond donors (Lipinski definition) is 1. The van der Waals surface area contributed by atoms with Crippen LogP contribution in [0.3, 0.4) is 0 Å². The summed E-state index contributed by atoms with van der Waals surface area (Å²) in [5, 5.41) is 0.763. The van der Waals surface area contributed by atoms with Crippen LogP contribution >= 0.6 is 15.9 Å². The predicted octanol–water partition coefficient (Wildman–Crippen LogP) is 2.82. The van der Waals surface area contributed by atoms with E-state index in [1.54, 1.807) is 12.1 Å². The van der Waals surface area contributed by atoms with Gasteiger partial charge in [-0.15, -0.1) is 0 Å². The number of anilines is 1. The van der Waals surface area contributed by atoms with Gasteiger partial charge in [-0.25, -0.2) is 4.39 Å². The molecule has 0 atom stereocenters. The van der Waals surface area contributed by atoms with Gasteiger partial charge in [0.2, 0.25) is 0 Å². The number of alkyl halides is 1. The minimum atomic E-state index is -0.369. The highest BCUT2D eigenvalue weighted by Gasteiger charge is 1.96. The highest BCUT2D eigenvalue weighted by Crippen LogP contribution is 2.12. The third kappa shape index (κ3) is 2.34. The van der Waals surface area contributed by atoms with E-state index in [4.69, 9.17) is 5.73 Å². The molecule has 1 aromatic rings. The number of benzene rings is 1. The van der Waals surface area contributed by atoms with Crippen LogP contribution in [-0.2, 0) is 0 Å². The van der Waals surface area contributed by atoms with Crippen molar-refractivity contribution in [3.05, 3.63) is 35.7 Å². The summed E-state index contributed by atoms with van der Waals surface area (Å²) in [6.45, 7) is 0. The van der Waals surface area contributed by atoms with E-state index in [9.17, 15) is 4.39 Å². The zero-order chi connectivity index (χ0) is 8.97. The van der Waals surface area contributed by atoms with Crippen molar-refractivity contribution in [3.63, 3.8) is 0 Å². The van der Waals surface area contributed by atoms with E-state index in [1.807, 2.05) is 12.2 Å². The van der Waals surface area contributed by atoms with Gasteiger partial charge in [0.15, 0.2) is 0 Å². The largest absolute Gasteiger partial charge is 0.396 e. The average Bonchev–Trinajstić information content (AvgIpc) is 2.07. The van der Waals surface area contributed by atoms with Gasteiger partial charge in [0, 0.05) is 5.33 Å². The van der Waals surface area contributed by atoms with Crippen molar-refractivity contribution in [3.8, 4) is 0 Å². The first-order valence-electron chi connectivity index (χ1n) is 3.51. The molecule has 1 rings (SSSR count). The third-order valence-electron chi connectivity index (χ3n) is 1.42. The van der Waals surface area contributed by atoms with Crippen molar-refractivity contribution in [2.24, 2.45) is 0 Å². The monoisotopic (exact) mass is 229 g/mol. The summed E-state index contributed by atoms with van der Waals surface area (Å²) in [6, 6.07) is 4.75. The van der Waals surface area contributed by atoms with Crippen molar-refractivity contribution in [1.29, 1.82) is 0 Å². The van der Waals surface area contributed by atoms with E-state index in [0.29, 0.717) is 0 Å². The molecule has 0 aliphatic carbocycles. The Labute approximate surface area is 79.2 Å². The van der Waals surface area contributed by atoms with Gasteiger partial charge in [-0.05, 0) is 17.7 Å². The minimum Gasteiger partial charge on any atom is -0.396 e. The maximum atomic E-state index is 12.8. The van der Waals surface area contributed by atoms with Crippen molar-refractivity contribution < 1.29 is 4.39 Å². The van der Waals surface area contributed by atoms with Gasteiger partial charge in [0.1, 0.15) is 5.82 Å². The van der Waals surface area contributed by atoms with E-state index in [-0.39, 0.29) is 11.5 Å². The molecule has 1 nitrogen and oxygen atoms in total. The summed E-state index contributed by atoms with van der Waals surface area (Å²) in [5.74, 6) is -0.369. The van der Waals surface area contributed by atoms with Gasteiger partial charge in [-0.2, -0.15) is 0 Å². The fraction of sp³-hybridized carbons (Fsp3) is 0.111. The number of rotatable bonds is 2. The maximum absolute atomic E-state index is 12.8. The molecule has 0 spiro atoms. The zero-order valence-electron chi connectivity index (χ0n) is 6.43. The van der Waals surface area contributed by atoms with Gasteiger partial charge in [0.25, 0.3) is 0 Å². The molecule has 0 heterocycles. The summed E-state index contributed by atoms with van der Waals surface area (Å²) >= 11 is 3.23. The Morgan fingerprint density at radius 1 is 1.50 bits per heavy atom. The third-order valence-corrected chi connectivity index (χ3v) is 1.80. The lowest BCUT2D eigenvalue weighted by Crippen LogP contribution is -1.89. The molecule has 0 unspecified atom stereocenters. The molecule has 0 amide bonds. The molecule has 0 aliphatic heterocycles. The summed E-state index contributed by atoms with van der Waals surface area (Å²) in [7, 11) is 0. The van der Waals surface area contributed by atoms with Gasteiger partial charge >= 0.3 is 0 Å². The lowest BCUT2D eigenvalue weighted by molar-refractivity contribution is 0.632. The highest BCUT2D eigenvalue weighted by molar-refractivity contribution is 9.09. The highest BCUT2D eigenvalue weighted by atomic mass is 79.9. The van der Waals surface area contributed by atoms with Crippen LogP contribution in [-0.4, -0.2) is 5.33 Å². The molecule has 3 heteroatoms. The van der Waals surface area contributed by atoms with Crippen molar-refractivity contribution >= 4 is 27.7 Å². The molecule has 0 radical (unpaired) electrons. The lowest BCUT2D eigenvalue weighted by atomic mass is 10.2. The molecule has 0 aromatic heterocycles. The van der Waals surface area contributed by atoms with E-state index in [0.717, 1.165) is 10.9 Å².